The molecular formula is C15H22N2OS. The van der Waals surface area contributed by atoms with Crippen molar-refractivity contribution in [3.05, 3.63) is 29.8 Å². The molecule has 2 rings (SSSR count). The lowest BCUT2D eigenvalue weighted by molar-refractivity contribution is -0.123. The standard InChI is InChI=1S/C15H22N2OS/c1-15(2)10-14(18)7-8-17(15)19-11-12-5-4-6-13(9-12)16-3/h4-6,9,16H,7-8,10-11H2,1-3H3. The Morgan fingerprint density at radius 1 is 1.42 bits per heavy atom. The molecule has 19 heavy (non-hydrogen) atoms. The second-order valence-electron chi connectivity index (χ2n) is 5.60. The van der Waals surface area contributed by atoms with Gasteiger partial charge in [0.05, 0.1) is 0 Å². The number of hydrogen-bond donors (Lipinski definition) is 1. The molecule has 1 aromatic carbocycles. The van der Waals surface area contributed by atoms with Gasteiger partial charge < -0.3 is 5.32 Å². The van der Waals surface area contributed by atoms with E-state index in [4.69, 9.17) is 0 Å². The van der Waals surface area contributed by atoms with Crippen molar-refractivity contribution in [1.29, 1.82) is 0 Å². The van der Waals surface area contributed by atoms with Crippen LogP contribution in [0.5, 0.6) is 0 Å². The van der Waals surface area contributed by atoms with Crippen molar-refractivity contribution in [1.82, 2.24) is 4.31 Å². The second kappa shape index (κ2) is 5.97. The zero-order chi connectivity index (χ0) is 13.9. The van der Waals surface area contributed by atoms with Crippen LogP contribution in [-0.4, -0.2) is 29.2 Å². The fourth-order valence-electron chi connectivity index (χ4n) is 2.40. The third-order valence-electron chi connectivity index (χ3n) is 3.50. The predicted molar refractivity (Wildman–Crippen MR) is 82.3 cm³/mol. The van der Waals surface area contributed by atoms with Crippen molar-refractivity contribution in [3.63, 3.8) is 0 Å². The molecule has 1 fully saturated rings. The summed E-state index contributed by atoms with van der Waals surface area (Å²) in [6, 6.07) is 8.47. The first-order valence-corrected chi connectivity index (χ1v) is 7.64. The summed E-state index contributed by atoms with van der Waals surface area (Å²) in [7, 11) is 1.94. The molecule has 0 aromatic heterocycles. The minimum Gasteiger partial charge on any atom is -0.388 e. The van der Waals surface area contributed by atoms with Crippen LogP contribution in [0.15, 0.2) is 24.3 Å². The van der Waals surface area contributed by atoms with E-state index in [1.807, 2.05) is 19.0 Å². The van der Waals surface area contributed by atoms with Gasteiger partial charge in [-0.15, -0.1) is 0 Å². The summed E-state index contributed by atoms with van der Waals surface area (Å²) in [5.74, 6) is 1.34. The molecule has 1 aliphatic heterocycles. The molecule has 0 atom stereocenters. The van der Waals surface area contributed by atoms with E-state index < -0.39 is 0 Å². The number of nitrogens with zero attached hydrogens (tertiary/aromatic N) is 1. The molecule has 1 aliphatic rings. The molecule has 104 valence electrons. The largest absolute Gasteiger partial charge is 0.388 e. The molecule has 0 aliphatic carbocycles. The van der Waals surface area contributed by atoms with Crippen LogP contribution in [-0.2, 0) is 10.5 Å². The van der Waals surface area contributed by atoms with Gasteiger partial charge in [0.25, 0.3) is 0 Å². The van der Waals surface area contributed by atoms with E-state index in [0.717, 1.165) is 18.0 Å². The number of ketones is 1. The maximum Gasteiger partial charge on any atom is 0.136 e. The molecule has 0 amide bonds. The van der Waals surface area contributed by atoms with Crippen LogP contribution in [0.25, 0.3) is 0 Å². The average Bonchev–Trinajstić information content (AvgIpc) is 2.37. The summed E-state index contributed by atoms with van der Waals surface area (Å²) in [4.78, 5) is 11.5. The lowest BCUT2D eigenvalue weighted by Gasteiger charge is -2.40. The summed E-state index contributed by atoms with van der Waals surface area (Å²) in [6.45, 7) is 5.17. The summed E-state index contributed by atoms with van der Waals surface area (Å²) >= 11 is 1.83. The van der Waals surface area contributed by atoms with Crippen LogP contribution >= 0.6 is 11.9 Å². The van der Waals surface area contributed by atoms with E-state index in [1.165, 1.54) is 5.56 Å². The maximum absolute atomic E-state index is 11.5. The number of hydrogen-bond acceptors (Lipinski definition) is 4. The predicted octanol–water partition coefficient (Wildman–Crippen LogP) is 3.32. The first-order chi connectivity index (χ1) is 9.01. The summed E-state index contributed by atoms with van der Waals surface area (Å²) in [5, 5.41) is 3.16. The first-order valence-electron chi connectivity index (χ1n) is 6.70. The van der Waals surface area contributed by atoms with Crippen LogP contribution in [0.1, 0.15) is 32.3 Å². The van der Waals surface area contributed by atoms with E-state index >= 15 is 0 Å². The van der Waals surface area contributed by atoms with Crippen LogP contribution < -0.4 is 5.32 Å². The van der Waals surface area contributed by atoms with Gasteiger partial charge in [-0.05, 0) is 31.5 Å². The van der Waals surface area contributed by atoms with Crippen molar-refractivity contribution < 1.29 is 4.79 Å². The minimum absolute atomic E-state index is 0.0272. The number of benzene rings is 1. The normalized spacial score (nSPS) is 19.4. The first kappa shape index (κ1) is 14.4. The van der Waals surface area contributed by atoms with Gasteiger partial charge >= 0.3 is 0 Å². The average molecular weight is 278 g/mol. The van der Waals surface area contributed by atoms with Gasteiger partial charge in [-0.3, -0.25) is 4.79 Å². The van der Waals surface area contributed by atoms with Gasteiger partial charge in [-0.2, -0.15) is 0 Å². The fraction of sp³-hybridized carbons (Fsp3) is 0.533. The van der Waals surface area contributed by atoms with Gasteiger partial charge in [0.2, 0.25) is 0 Å². The molecule has 4 heteroatoms. The molecule has 1 N–H and O–H groups in total. The Bertz CT molecular complexity index is 459. The van der Waals surface area contributed by atoms with E-state index in [2.05, 4.69) is 47.7 Å². The van der Waals surface area contributed by atoms with E-state index in [-0.39, 0.29) is 5.54 Å². The van der Waals surface area contributed by atoms with Crippen molar-refractivity contribution in [2.75, 3.05) is 18.9 Å². The minimum atomic E-state index is -0.0272. The van der Waals surface area contributed by atoms with Crippen LogP contribution in [0.4, 0.5) is 5.69 Å². The van der Waals surface area contributed by atoms with Crippen molar-refractivity contribution in [3.8, 4) is 0 Å². The SMILES string of the molecule is CNc1cccc(CSN2CCC(=O)CC2(C)C)c1. The van der Waals surface area contributed by atoms with Crippen molar-refractivity contribution >= 4 is 23.4 Å². The van der Waals surface area contributed by atoms with Crippen molar-refractivity contribution in [2.45, 2.75) is 38.0 Å². The highest BCUT2D eigenvalue weighted by atomic mass is 32.2. The number of nitrogens with one attached hydrogen (secondary N) is 1. The summed E-state index contributed by atoms with van der Waals surface area (Å²) in [6.07, 6.45) is 1.35. The van der Waals surface area contributed by atoms with Gasteiger partial charge in [0, 0.05) is 43.4 Å². The number of carbonyl (C=O) groups is 1. The fourth-order valence-corrected chi connectivity index (χ4v) is 3.52. The Balaban J connectivity index is 1.96. The molecule has 1 saturated heterocycles. The van der Waals surface area contributed by atoms with Gasteiger partial charge in [-0.1, -0.05) is 24.1 Å². The highest BCUT2D eigenvalue weighted by Crippen LogP contribution is 2.33. The Kier molecular flexibility index (Phi) is 4.53. The van der Waals surface area contributed by atoms with Crippen LogP contribution in [0, 0.1) is 0 Å². The number of piperidine rings is 1. The third-order valence-corrected chi connectivity index (χ3v) is 4.95. The van der Waals surface area contributed by atoms with E-state index in [0.29, 0.717) is 18.6 Å². The zero-order valence-electron chi connectivity index (χ0n) is 11.9. The maximum atomic E-state index is 11.5. The van der Waals surface area contributed by atoms with Crippen LogP contribution in [0.2, 0.25) is 0 Å². The molecule has 3 nitrogen and oxygen atoms in total. The molecule has 1 heterocycles. The molecule has 0 bridgehead atoms. The number of rotatable bonds is 4. The number of carbonyl (C=O) groups excluding carboxylic acids is 1. The summed E-state index contributed by atoms with van der Waals surface area (Å²) in [5.41, 5.74) is 2.43. The Morgan fingerprint density at radius 2 is 2.21 bits per heavy atom. The second-order valence-corrected chi connectivity index (χ2v) is 6.59. The number of anilines is 1. The van der Waals surface area contributed by atoms with Crippen LogP contribution in [0.3, 0.4) is 0 Å². The lowest BCUT2D eigenvalue weighted by atomic mass is 9.92. The molecule has 0 radical (unpaired) electrons. The quantitative estimate of drug-likeness (QED) is 0.856. The smallest absolute Gasteiger partial charge is 0.136 e. The van der Waals surface area contributed by atoms with Gasteiger partial charge in [-0.25, -0.2) is 4.31 Å². The van der Waals surface area contributed by atoms with Crippen molar-refractivity contribution in [2.24, 2.45) is 0 Å². The van der Waals surface area contributed by atoms with E-state index in [1.54, 1.807) is 0 Å². The Morgan fingerprint density at radius 3 is 2.89 bits per heavy atom. The monoisotopic (exact) mass is 278 g/mol. The number of Topliss-reactive ketones (excluding diaryl/α,β-unsaturated/α-hetero) is 1. The molecular weight excluding hydrogens is 256 g/mol. The lowest BCUT2D eigenvalue weighted by Crippen LogP contribution is -2.46. The molecule has 0 unspecified atom stereocenters. The Labute approximate surface area is 119 Å². The third kappa shape index (κ3) is 3.74. The highest BCUT2D eigenvalue weighted by Gasteiger charge is 2.34. The Hall–Kier alpha value is -1.00. The van der Waals surface area contributed by atoms with Gasteiger partial charge in [0.15, 0.2) is 0 Å². The zero-order valence-corrected chi connectivity index (χ0v) is 12.7. The topological polar surface area (TPSA) is 32.3 Å². The summed E-state index contributed by atoms with van der Waals surface area (Å²) < 4.78 is 2.36. The highest BCUT2D eigenvalue weighted by molar-refractivity contribution is 7.96. The molecule has 0 spiro atoms. The van der Waals surface area contributed by atoms with Gasteiger partial charge in [0.1, 0.15) is 5.78 Å². The molecule has 0 saturated carbocycles. The van der Waals surface area contributed by atoms with E-state index in [9.17, 15) is 4.79 Å². The molecule has 1 aromatic rings.